The second kappa shape index (κ2) is 10.7. The molecule has 5 rings (SSSR count). The van der Waals surface area contributed by atoms with Gasteiger partial charge < -0.3 is 9.47 Å². The molecule has 8 heteroatoms. The van der Waals surface area contributed by atoms with Gasteiger partial charge in [0.1, 0.15) is 9.75 Å². The van der Waals surface area contributed by atoms with Crippen LogP contribution in [0.25, 0.3) is 42.4 Å². The maximum Gasteiger partial charge on any atom is 0.348 e. The number of hydrogen-bond donors (Lipinski definition) is 0. The maximum atomic E-state index is 12.2. The first-order valence-corrected chi connectivity index (χ1v) is 14.5. The van der Waals surface area contributed by atoms with Crippen LogP contribution in [-0.2, 0) is 9.47 Å². The van der Waals surface area contributed by atoms with Crippen molar-refractivity contribution in [2.45, 2.75) is 27.7 Å². The highest BCUT2D eigenvalue weighted by Gasteiger charge is 2.18. The zero-order valence-electron chi connectivity index (χ0n) is 21.2. The molecule has 4 nitrogen and oxygen atoms in total. The van der Waals surface area contributed by atoms with Gasteiger partial charge in [-0.2, -0.15) is 0 Å². The summed E-state index contributed by atoms with van der Waals surface area (Å²) in [6, 6.07) is 15.8. The predicted molar refractivity (Wildman–Crippen MR) is 159 cm³/mol. The summed E-state index contributed by atoms with van der Waals surface area (Å²) in [7, 11) is 0. The van der Waals surface area contributed by atoms with Crippen molar-refractivity contribution in [1.29, 1.82) is 0 Å². The fraction of sp³-hybridized carbons (Fsp3) is 0.200. The number of hydrogen-bond acceptors (Lipinski definition) is 6. The van der Waals surface area contributed by atoms with E-state index in [1.165, 1.54) is 22.7 Å². The quantitative estimate of drug-likeness (QED) is 0.187. The number of carbonyl (C=O) groups excluding carboxylic acids is 2. The van der Waals surface area contributed by atoms with Gasteiger partial charge in [-0.1, -0.05) is 35.3 Å². The van der Waals surface area contributed by atoms with Crippen molar-refractivity contribution in [1.82, 2.24) is 0 Å². The molecule has 0 amide bonds. The molecule has 0 bridgehead atoms. The van der Waals surface area contributed by atoms with Crippen LogP contribution in [0.1, 0.15) is 44.3 Å². The van der Waals surface area contributed by atoms with E-state index >= 15 is 0 Å². The lowest BCUT2D eigenvalue weighted by atomic mass is 9.91. The van der Waals surface area contributed by atoms with Crippen LogP contribution in [0.15, 0.2) is 48.5 Å². The lowest BCUT2D eigenvalue weighted by molar-refractivity contribution is 0.0522. The maximum absolute atomic E-state index is 12.2. The summed E-state index contributed by atoms with van der Waals surface area (Å²) in [5.74, 6) is -0.645. The van der Waals surface area contributed by atoms with Gasteiger partial charge in [0.15, 0.2) is 0 Å². The third-order valence-electron chi connectivity index (χ3n) is 6.32. The molecule has 0 saturated carbocycles. The van der Waals surface area contributed by atoms with Crippen LogP contribution in [0, 0.1) is 13.8 Å². The van der Waals surface area contributed by atoms with Crippen molar-refractivity contribution in [3.8, 4) is 22.3 Å². The molecule has 0 N–H and O–H groups in total. The second-order valence-electron chi connectivity index (χ2n) is 8.88. The molecule has 0 unspecified atom stereocenters. The van der Waals surface area contributed by atoms with Crippen molar-refractivity contribution >= 4 is 78.0 Å². The SMILES string of the molecule is CCOC(=O)c1cc2cc(Cl)c(-c3cc(C)c(-c4cc5sc(C(=O)OCC)cc5cc4Cl)cc3C)cc2s1. The van der Waals surface area contributed by atoms with Gasteiger partial charge in [-0.05, 0) is 97.1 Å². The van der Waals surface area contributed by atoms with Crippen LogP contribution in [0.2, 0.25) is 10.0 Å². The predicted octanol–water partition coefficient (Wildman–Crippen LogP) is 9.73. The highest BCUT2D eigenvalue weighted by atomic mass is 35.5. The van der Waals surface area contributed by atoms with Gasteiger partial charge in [-0.3, -0.25) is 0 Å². The Bertz CT molecular complexity index is 1600. The zero-order valence-corrected chi connectivity index (χ0v) is 24.4. The smallest absolute Gasteiger partial charge is 0.348 e. The number of halogens is 2. The zero-order chi connectivity index (χ0) is 27.1. The highest BCUT2D eigenvalue weighted by molar-refractivity contribution is 7.21. The normalized spacial score (nSPS) is 11.3. The molecule has 0 radical (unpaired) electrons. The van der Waals surface area contributed by atoms with Crippen molar-refractivity contribution in [2.24, 2.45) is 0 Å². The van der Waals surface area contributed by atoms with E-state index in [2.05, 4.69) is 12.1 Å². The van der Waals surface area contributed by atoms with E-state index in [0.717, 1.165) is 53.6 Å². The summed E-state index contributed by atoms with van der Waals surface area (Å²) in [6.07, 6.45) is 0. The molecule has 3 aromatic carbocycles. The number of rotatable bonds is 6. The number of fused-ring (bicyclic) bond motifs is 2. The lowest BCUT2D eigenvalue weighted by Crippen LogP contribution is -2.01. The van der Waals surface area contributed by atoms with Crippen molar-refractivity contribution in [3.63, 3.8) is 0 Å². The Morgan fingerprint density at radius 1 is 0.632 bits per heavy atom. The minimum Gasteiger partial charge on any atom is -0.462 e. The van der Waals surface area contributed by atoms with E-state index in [-0.39, 0.29) is 11.9 Å². The van der Waals surface area contributed by atoms with Crippen LogP contribution >= 0.6 is 45.9 Å². The number of carbonyl (C=O) groups is 2. The molecule has 0 spiro atoms. The molecular weight excluding hydrogens is 559 g/mol. The summed E-state index contributed by atoms with van der Waals surface area (Å²) < 4.78 is 12.3. The van der Waals surface area contributed by atoms with Crippen LogP contribution in [0.4, 0.5) is 0 Å². The Balaban J connectivity index is 1.56. The van der Waals surface area contributed by atoms with Gasteiger partial charge >= 0.3 is 11.9 Å². The van der Waals surface area contributed by atoms with Crippen LogP contribution in [0.5, 0.6) is 0 Å². The first-order valence-electron chi connectivity index (χ1n) is 12.1. The molecule has 0 saturated heterocycles. The Labute approximate surface area is 238 Å². The van der Waals surface area contributed by atoms with Gasteiger partial charge in [0.2, 0.25) is 0 Å². The summed E-state index contributed by atoms with van der Waals surface area (Å²) in [4.78, 5) is 25.6. The number of aryl methyl sites for hydroxylation is 2. The Morgan fingerprint density at radius 3 is 1.39 bits per heavy atom. The molecule has 2 aromatic heterocycles. The fourth-order valence-electron chi connectivity index (χ4n) is 4.53. The van der Waals surface area contributed by atoms with E-state index in [4.69, 9.17) is 32.7 Å². The number of esters is 2. The summed E-state index contributed by atoms with van der Waals surface area (Å²) in [6.45, 7) is 8.35. The molecule has 38 heavy (non-hydrogen) atoms. The summed E-state index contributed by atoms with van der Waals surface area (Å²) in [5.41, 5.74) is 5.93. The van der Waals surface area contributed by atoms with E-state index < -0.39 is 0 Å². The number of benzene rings is 3. The average Bonchev–Trinajstić information content (AvgIpc) is 3.48. The minimum atomic E-state index is -0.322. The standard InChI is InChI=1S/C30H24Cl2O4S2/c1-5-35-29(33)27-11-17-9-23(31)21(13-25(17)37-27)19-7-16(4)20(8-15(19)3)22-14-26-18(10-24(22)32)12-28(38-26)30(34)36-6-2/h7-14H,5-6H2,1-4H3. The summed E-state index contributed by atoms with van der Waals surface area (Å²) >= 11 is 16.3. The van der Waals surface area contributed by atoms with Crippen molar-refractivity contribution in [3.05, 3.63) is 79.5 Å². The Hall–Kier alpha value is -2.90. The van der Waals surface area contributed by atoms with Crippen LogP contribution in [0.3, 0.4) is 0 Å². The van der Waals surface area contributed by atoms with Crippen LogP contribution in [-0.4, -0.2) is 25.2 Å². The highest BCUT2D eigenvalue weighted by Crippen LogP contribution is 2.42. The van der Waals surface area contributed by atoms with Gasteiger partial charge in [-0.25, -0.2) is 9.59 Å². The molecule has 0 aliphatic heterocycles. The molecule has 0 atom stereocenters. The third-order valence-corrected chi connectivity index (χ3v) is 9.10. The minimum absolute atomic E-state index is 0.322. The topological polar surface area (TPSA) is 52.6 Å². The molecule has 0 aliphatic carbocycles. The van der Waals surface area contributed by atoms with Gasteiger partial charge in [0.25, 0.3) is 0 Å². The Morgan fingerprint density at radius 2 is 1.03 bits per heavy atom. The fourth-order valence-corrected chi connectivity index (χ4v) is 7.04. The van der Waals surface area contributed by atoms with Crippen LogP contribution < -0.4 is 0 Å². The lowest BCUT2D eigenvalue weighted by Gasteiger charge is -2.15. The molecule has 2 heterocycles. The molecule has 194 valence electrons. The third kappa shape index (κ3) is 4.94. The molecule has 0 fully saturated rings. The second-order valence-corrected chi connectivity index (χ2v) is 11.9. The Kier molecular flexibility index (Phi) is 7.51. The molecular formula is C30H24Cl2O4S2. The first kappa shape index (κ1) is 26.7. The van der Waals surface area contributed by atoms with Crippen molar-refractivity contribution in [2.75, 3.05) is 13.2 Å². The van der Waals surface area contributed by atoms with E-state index in [0.29, 0.717) is 33.0 Å². The number of thiophene rings is 2. The monoisotopic (exact) mass is 582 g/mol. The largest absolute Gasteiger partial charge is 0.462 e. The summed E-state index contributed by atoms with van der Waals surface area (Å²) in [5, 5.41) is 3.06. The van der Waals surface area contributed by atoms with E-state index in [9.17, 15) is 9.59 Å². The van der Waals surface area contributed by atoms with Gasteiger partial charge in [0, 0.05) is 30.6 Å². The first-order chi connectivity index (χ1) is 18.2. The average molecular weight is 584 g/mol. The molecule has 5 aromatic rings. The van der Waals surface area contributed by atoms with Gasteiger partial charge in [0.05, 0.1) is 13.2 Å². The molecule has 0 aliphatic rings. The number of ether oxygens (including phenoxy) is 2. The van der Waals surface area contributed by atoms with Crippen molar-refractivity contribution < 1.29 is 19.1 Å². The van der Waals surface area contributed by atoms with E-state index in [1.54, 1.807) is 13.8 Å². The van der Waals surface area contributed by atoms with Gasteiger partial charge in [-0.15, -0.1) is 22.7 Å². The van der Waals surface area contributed by atoms with E-state index in [1.807, 2.05) is 50.2 Å².